The minimum absolute atomic E-state index is 0.175. The van der Waals surface area contributed by atoms with Gasteiger partial charge in [-0.05, 0) is 43.7 Å². The number of nitrogens with zero attached hydrogens (tertiary/aromatic N) is 1. The molecule has 1 unspecified atom stereocenters. The number of nitrogens with one attached hydrogen (secondary N) is 1. The molecule has 1 N–H and O–H groups in total. The summed E-state index contributed by atoms with van der Waals surface area (Å²) in [5.41, 5.74) is 1.34. The lowest BCUT2D eigenvalue weighted by Gasteiger charge is -2.32. The maximum absolute atomic E-state index is 12.5. The summed E-state index contributed by atoms with van der Waals surface area (Å²) in [6.45, 7) is 3.85. The summed E-state index contributed by atoms with van der Waals surface area (Å²) in [6, 6.07) is 10.6. The zero-order valence-electron chi connectivity index (χ0n) is 14.9. The Labute approximate surface area is 146 Å². The van der Waals surface area contributed by atoms with Gasteiger partial charge in [0.25, 0.3) is 0 Å². The summed E-state index contributed by atoms with van der Waals surface area (Å²) in [5, 5.41) is 3.20. The fraction of sp³-hybridized carbons (Fsp3) is 0.667. The molecule has 1 aromatic rings. The SMILES string of the molecule is O=C(NCCCC1CCCC1)C1CCCN(Cc2ccccc2)C1. The van der Waals surface area contributed by atoms with Gasteiger partial charge in [-0.2, -0.15) is 0 Å². The molecule has 1 saturated carbocycles. The minimum atomic E-state index is 0.175. The topological polar surface area (TPSA) is 32.3 Å². The maximum atomic E-state index is 12.5. The highest BCUT2D eigenvalue weighted by molar-refractivity contribution is 5.78. The normalized spacial score (nSPS) is 22.6. The zero-order chi connectivity index (χ0) is 16.6. The van der Waals surface area contributed by atoms with Crippen molar-refractivity contribution in [1.82, 2.24) is 10.2 Å². The van der Waals surface area contributed by atoms with Crippen molar-refractivity contribution in [2.45, 2.75) is 57.9 Å². The first-order valence-electron chi connectivity index (χ1n) is 9.85. The number of hydrogen-bond acceptors (Lipinski definition) is 2. The molecule has 1 saturated heterocycles. The van der Waals surface area contributed by atoms with Crippen LogP contribution in [0, 0.1) is 11.8 Å². The largest absolute Gasteiger partial charge is 0.356 e. The molecule has 2 fully saturated rings. The summed E-state index contributed by atoms with van der Waals surface area (Å²) in [6.07, 6.45) is 10.3. The van der Waals surface area contributed by atoms with Crippen molar-refractivity contribution < 1.29 is 4.79 Å². The van der Waals surface area contributed by atoms with Crippen molar-refractivity contribution in [3.8, 4) is 0 Å². The lowest BCUT2D eigenvalue weighted by Crippen LogP contribution is -2.42. The Hall–Kier alpha value is -1.35. The van der Waals surface area contributed by atoms with Gasteiger partial charge in [0.1, 0.15) is 0 Å². The quantitative estimate of drug-likeness (QED) is 0.768. The van der Waals surface area contributed by atoms with E-state index in [4.69, 9.17) is 0 Å². The fourth-order valence-electron chi connectivity index (χ4n) is 4.30. The molecule has 1 atom stereocenters. The number of carbonyl (C=O) groups is 1. The van der Waals surface area contributed by atoms with Crippen LogP contribution in [-0.4, -0.2) is 30.4 Å². The minimum Gasteiger partial charge on any atom is -0.356 e. The average molecular weight is 328 g/mol. The van der Waals surface area contributed by atoms with Gasteiger partial charge in [0.2, 0.25) is 5.91 Å². The van der Waals surface area contributed by atoms with Crippen molar-refractivity contribution in [3.05, 3.63) is 35.9 Å². The predicted molar refractivity (Wildman–Crippen MR) is 98.6 cm³/mol. The molecule has 3 rings (SSSR count). The number of amides is 1. The van der Waals surface area contributed by atoms with Crippen molar-refractivity contribution in [2.24, 2.45) is 11.8 Å². The Morgan fingerprint density at radius 2 is 1.88 bits per heavy atom. The molecule has 1 aromatic carbocycles. The second-order valence-electron chi connectivity index (χ2n) is 7.64. The summed E-state index contributed by atoms with van der Waals surface area (Å²) >= 11 is 0. The first-order valence-corrected chi connectivity index (χ1v) is 9.85. The van der Waals surface area contributed by atoms with Crippen LogP contribution < -0.4 is 5.32 Å². The smallest absolute Gasteiger partial charge is 0.224 e. The molecule has 2 aliphatic rings. The van der Waals surface area contributed by atoms with Crippen molar-refractivity contribution in [3.63, 3.8) is 0 Å². The number of rotatable bonds is 7. The summed E-state index contributed by atoms with van der Waals surface area (Å²) in [4.78, 5) is 14.9. The first kappa shape index (κ1) is 17.5. The van der Waals surface area contributed by atoms with Gasteiger partial charge in [-0.1, -0.05) is 56.0 Å². The first-order chi connectivity index (χ1) is 11.8. The molecule has 1 aliphatic carbocycles. The van der Waals surface area contributed by atoms with Crippen LogP contribution in [0.3, 0.4) is 0 Å². The Balaban J connectivity index is 1.36. The van der Waals surface area contributed by atoms with E-state index < -0.39 is 0 Å². The highest BCUT2D eigenvalue weighted by atomic mass is 16.1. The second-order valence-corrected chi connectivity index (χ2v) is 7.64. The van der Waals surface area contributed by atoms with Gasteiger partial charge in [-0.3, -0.25) is 9.69 Å². The highest BCUT2D eigenvalue weighted by Crippen LogP contribution is 2.28. The monoisotopic (exact) mass is 328 g/mol. The molecule has 132 valence electrons. The molecule has 1 heterocycles. The second kappa shape index (κ2) is 9.22. The third kappa shape index (κ3) is 5.34. The molecule has 3 nitrogen and oxygen atoms in total. The van der Waals surface area contributed by atoms with Gasteiger partial charge < -0.3 is 5.32 Å². The number of carbonyl (C=O) groups excluding carboxylic acids is 1. The molecule has 1 aliphatic heterocycles. The van der Waals surface area contributed by atoms with Gasteiger partial charge in [-0.25, -0.2) is 0 Å². The van der Waals surface area contributed by atoms with E-state index in [1.165, 1.54) is 37.7 Å². The van der Waals surface area contributed by atoms with E-state index in [-0.39, 0.29) is 11.8 Å². The summed E-state index contributed by atoms with van der Waals surface area (Å²) < 4.78 is 0. The van der Waals surface area contributed by atoms with E-state index in [1.807, 2.05) is 0 Å². The molecule has 1 amide bonds. The van der Waals surface area contributed by atoms with E-state index in [2.05, 4.69) is 40.5 Å². The molecular formula is C21H32N2O. The maximum Gasteiger partial charge on any atom is 0.224 e. The lowest BCUT2D eigenvalue weighted by molar-refractivity contribution is -0.126. The molecule has 0 bridgehead atoms. The molecular weight excluding hydrogens is 296 g/mol. The Morgan fingerprint density at radius 1 is 1.08 bits per heavy atom. The zero-order valence-corrected chi connectivity index (χ0v) is 14.9. The number of piperidine rings is 1. The number of hydrogen-bond donors (Lipinski definition) is 1. The van der Waals surface area contributed by atoms with Gasteiger partial charge in [0, 0.05) is 19.6 Å². The van der Waals surface area contributed by atoms with Crippen LogP contribution in [0.25, 0.3) is 0 Å². The van der Waals surface area contributed by atoms with E-state index in [1.54, 1.807) is 0 Å². The van der Waals surface area contributed by atoms with Gasteiger partial charge in [0.05, 0.1) is 5.92 Å². The molecule has 3 heteroatoms. The van der Waals surface area contributed by atoms with E-state index in [9.17, 15) is 4.79 Å². The van der Waals surface area contributed by atoms with E-state index >= 15 is 0 Å². The Morgan fingerprint density at radius 3 is 2.67 bits per heavy atom. The lowest BCUT2D eigenvalue weighted by atomic mass is 9.96. The van der Waals surface area contributed by atoms with Crippen molar-refractivity contribution in [2.75, 3.05) is 19.6 Å². The molecule has 0 spiro atoms. The third-order valence-corrected chi connectivity index (χ3v) is 5.69. The van der Waals surface area contributed by atoms with Crippen LogP contribution in [0.15, 0.2) is 30.3 Å². The fourth-order valence-corrected chi connectivity index (χ4v) is 4.30. The Kier molecular flexibility index (Phi) is 6.71. The third-order valence-electron chi connectivity index (χ3n) is 5.69. The van der Waals surface area contributed by atoms with Gasteiger partial charge in [-0.15, -0.1) is 0 Å². The summed E-state index contributed by atoms with van der Waals surface area (Å²) in [7, 11) is 0. The summed E-state index contributed by atoms with van der Waals surface area (Å²) in [5.74, 6) is 1.38. The highest BCUT2D eigenvalue weighted by Gasteiger charge is 2.25. The average Bonchev–Trinajstić information content (AvgIpc) is 3.13. The molecule has 24 heavy (non-hydrogen) atoms. The predicted octanol–water partition coefficient (Wildman–Crippen LogP) is 3.99. The van der Waals surface area contributed by atoms with Crippen molar-refractivity contribution >= 4 is 5.91 Å². The van der Waals surface area contributed by atoms with E-state index in [0.29, 0.717) is 0 Å². The number of benzene rings is 1. The van der Waals surface area contributed by atoms with E-state index in [0.717, 1.165) is 51.4 Å². The Bertz CT molecular complexity index is 496. The number of likely N-dealkylation sites (tertiary alicyclic amines) is 1. The van der Waals surface area contributed by atoms with Crippen molar-refractivity contribution in [1.29, 1.82) is 0 Å². The standard InChI is InChI=1S/C21H32N2O/c24-21(22-14-6-12-18-8-4-5-9-18)20-13-7-15-23(17-20)16-19-10-2-1-3-11-19/h1-3,10-11,18,20H,4-9,12-17H2,(H,22,24). The van der Waals surface area contributed by atoms with Crippen LogP contribution in [-0.2, 0) is 11.3 Å². The van der Waals surface area contributed by atoms with Crippen LogP contribution in [0.4, 0.5) is 0 Å². The molecule has 0 aromatic heterocycles. The van der Waals surface area contributed by atoms with Crippen LogP contribution in [0.1, 0.15) is 56.9 Å². The van der Waals surface area contributed by atoms with Crippen LogP contribution in [0.2, 0.25) is 0 Å². The van der Waals surface area contributed by atoms with Crippen LogP contribution in [0.5, 0.6) is 0 Å². The van der Waals surface area contributed by atoms with Crippen LogP contribution >= 0.6 is 0 Å². The van der Waals surface area contributed by atoms with Gasteiger partial charge in [0.15, 0.2) is 0 Å². The molecule has 0 radical (unpaired) electrons. The van der Waals surface area contributed by atoms with Gasteiger partial charge >= 0.3 is 0 Å².